The zero-order valence-electron chi connectivity index (χ0n) is 10.8. The number of anilines is 1. The number of aryl methyl sites for hydroxylation is 1. The number of hydrogen-bond acceptors (Lipinski definition) is 5. The van der Waals surface area contributed by atoms with Crippen LogP contribution in [0.15, 0.2) is 35.4 Å². The van der Waals surface area contributed by atoms with Crippen molar-refractivity contribution in [2.45, 2.75) is 18.4 Å². The Hall–Kier alpha value is -2.06. The first kappa shape index (κ1) is 13.4. The summed E-state index contributed by atoms with van der Waals surface area (Å²) in [4.78, 5) is 9.36. The van der Waals surface area contributed by atoms with E-state index in [4.69, 9.17) is 0 Å². The van der Waals surface area contributed by atoms with Crippen molar-refractivity contribution >= 4 is 17.4 Å². The van der Waals surface area contributed by atoms with E-state index in [1.807, 2.05) is 37.4 Å². The molecule has 96 valence electrons. The van der Waals surface area contributed by atoms with Gasteiger partial charge >= 0.3 is 0 Å². The predicted octanol–water partition coefficient (Wildman–Crippen LogP) is 2.99. The molecule has 0 atom stereocenters. The molecule has 1 aromatic heterocycles. The van der Waals surface area contributed by atoms with E-state index < -0.39 is 0 Å². The maximum atomic E-state index is 9.24. The first-order chi connectivity index (χ1) is 9.24. The van der Waals surface area contributed by atoms with Crippen molar-refractivity contribution in [3.05, 3.63) is 47.5 Å². The van der Waals surface area contributed by atoms with Crippen molar-refractivity contribution in [2.24, 2.45) is 0 Å². The molecule has 0 aliphatic rings. The lowest BCUT2D eigenvalue weighted by Gasteiger charge is -2.10. The second-order valence-electron chi connectivity index (χ2n) is 3.94. The molecule has 0 radical (unpaired) electrons. The summed E-state index contributed by atoms with van der Waals surface area (Å²) < 4.78 is 0. The minimum absolute atomic E-state index is 0.579. The minimum Gasteiger partial charge on any atom is -0.378 e. The summed E-state index contributed by atoms with van der Waals surface area (Å²) in [5.74, 6) is 0.748. The summed E-state index contributed by atoms with van der Waals surface area (Å²) in [6.45, 7) is 2.44. The molecule has 0 bridgehead atoms. The van der Waals surface area contributed by atoms with Crippen molar-refractivity contribution in [3.63, 3.8) is 0 Å². The van der Waals surface area contributed by atoms with Gasteiger partial charge in [0.25, 0.3) is 0 Å². The fraction of sp³-hybridized carbons (Fsp3) is 0.214. The molecule has 1 N–H and O–H groups in total. The maximum absolute atomic E-state index is 9.24. The molecule has 0 saturated carbocycles. The molecule has 0 aliphatic heterocycles. The average Bonchev–Trinajstić information content (AvgIpc) is 2.44. The molecule has 0 saturated heterocycles. The molecule has 2 aromatic rings. The molecule has 1 aromatic carbocycles. The van der Waals surface area contributed by atoms with Gasteiger partial charge in [0.1, 0.15) is 11.9 Å². The number of aromatic nitrogens is 2. The monoisotopic (exact) mass is 270 g/mol. The second kappa shape index (κ2) is 6.21. The van der Waals surface area contributed by atoms with Gasteiger partial charge in [-0.3, -0.25) is 0 Å². The van der Waals surface area contributed by atoms with E-state index >= 15 is 0 Å². The third-order valence-corrected chi connectivity index (χ3v) is 3.43. The second-order valence-corrected chi connectivity index (χ2v) is 4.79. The van der Waals surface area contributed by atoms with E-state index in [2.05, 4.69) is 21.4 Å². The Morgan fingerprint density at radius 1 is 1.37 bits per heavy atom. The Kier molecular flexibility index (Phi) is 4.37. The van der Waals surface area contributed by atoms with Gasteiger partial charge < -0.3 is 5.32 Å². The van der Waals surface area contributed by atoms with Crippen molar-refractivity contribution < 1.29 is 0 Å². The van der Waals surface area contributed by atoms with Crippen molar-refractivity contribution in [2.75, 3.05) is 11.6 Å². The number of thioether (sulfide) groups is 1. The number of rotatable bonds is 4. The molecule has 0 unspecified atom stereocenters. The molecule has 0 aliphatic carbocycles. The third-order valence-electron chi connectivity index (χ3n) is 2.65. The van der Waals surface area contributed by atoms with Gasteiger partial charge in [0.15, 0.2) is 0 Å². The van der Waals surface area contributed by atoms with Gasteiger partial charge in [0.05, 0.1) is 23.5 Å². The van der Waals surface area contributed by atoms with Gasteiger partial charge in [-0.05, 0) is 31.4 Å². The van der Waals surface area contributed by atoms with Crippen LogP contribution in [0.5, 0.6) is 0 Å². The molecular weight excluding hydrogens is 256 g/mol. The Balaban J connectivity index is 2.18. The number of nitrogens with one attached hydrogen (secondary N) is 1. The predicted molar refractivity (Wildman–Crippen MR) is 77.0 cm³/mol. The highest BCUT2D eigenvalue weighted by Crippen LogP contribution is 2.26. The van der Waals surface area contributed by atoms with Gasteiger partial charge in [0, 0.05) is 11.1 Å². The first-order valence-corrected chi connectivity index (χ1v) is 7.06. The first-order valence-electron chi connectivity index (χ1n) is 5.84. The zero-order valence-corrected chi connectivity index (χ0v) is 11.7. The Bertz CT molecular complexity index is 619. The molecule has 0 fully saturated rings. The normalized spacial score (nSPS) is 9.95. The van der Waals surface area contributed by atoms with Gasteiger partial charge in [0.2, 0.25) is 0 Å². The van der Waals surface area contributed by atoms with Gasteiger partial charge in [-0.2, -0.15) is 5.26 Å². The molecule has 5 heteroatoms. The lowest BCUT2D eigenvalue weighted by Crippen LogP contribution is -2.04. The summed E-state index contributed by atoms with van der Waals surface area (Å²) in [7, 11) is 0. The van der Waals surface area contributed by atoms with Crippen LogP contribution in [-0.4, -0.2) is 16.2 Å². The average molecular weight is 270 g/mol. The highest BCUT2D eigenvalue weighted by atomic mass is 32.2. The topological polar surface area (TPSA) is 61.6 Å². The molecule has 19 heavy (non-hydrogen) atoms. The van der Waals surface area contributed by atoms with Crippen LogP contribution in [0.4, 0.5) is 5.69 Å². The summed E-state index contributed by atoms with van der Waals surface area (Å²) in [6, 6.07) is 9.91. The smallest absolute Gasteiger partial charge is 0.125 e. The summed E-state index contributed by atoms with van der Waals surface area (Å²) in [5, 5.41) is 12.5. The number of nitrogens with zero attached hydrogens (tertiary/aromatic N) is 3. The molecule has 4 nitrogen and oxygen atoms in total. The fourth-order valence-electron chi connectivity index (χ4n) is 1.75. The molecule has 1 heterocycles. The molecule has 0 amide bonds. The molecule has 0 spiro atoms. The third kappa shape index (κ3) is 3.24. The fourth-order valence-corrected chi connectivity index (χ4v) is 2.33. The minimum atomic E-state index is 0.579. The van der Waals surface area contributed by atoms with Crippen LogP contribution in [-0.2, 0) is 6.54 Å². The van der Waals surface area contributed by atoms with Crippen LogP contribution in [0.3, 0.4) is 0 Å². The summed E-state index contributed by atoms with van der Waals surface area (Å²) in [5.41, 5.74) is 2.43. The van der Waals surface area contributed by atoms with Gasteiger partial charge in [-0.1, -0.05) is 6.07 Å². The van der Waals surface area contributed by atoms with E-state index in [0.717, 1.165) is 22.1 Å². The Morgan fingerprint density at radius 3 is 2.89 bits per heavy atom. The van der Waals surface area contributed by atoms with Crippen molar-refractivity contribution in [1.29, 1.82) is 5.26 Å². The number of hydrogen-bond donors (Lipinski definition) is 1. The van der Waals surface area contributed by atoms with E-state index in [-0.39, 0.29) is 0 Å². The van der Waals surface area contributed by atoms with E-state index in [1.165, 1.54) is 0 Å². The molecule has 2 rings (SSSR count). The van der Waals surface area contributed by atoms with Crippen molar-refractivity contribution in [3.8, 4) is 6.07 Å². The van der Waals surface area contributed by atoms with Crippen LogP contribution in [0.25, 0.3) is 0 Å². The maximum Gasteiger partial charge on any atom is 0.125 e. The van der Waals surface area contributed by atoms with Crippen LogP contribution >= 0.6 is 11.8 Å². The van der Waals surface area contributed by atoms with Gasteiger partial charge in [-0.15, -0.1) is 11.8 Å². The van der Waals surface area contributed by atoms with E-state index in [0.29, 0.717) is 12.1 Å². The van der Waals surface area contributed by atoms with E-state index in [9.17, 15) is 5.26 Å². The highest BCUT2D eigenvalue weighted by Gasteiger charge is 2.07. The van der Waals surface area contributed by atoms with Gasteiger partial charge in [-0.25, -0.2) is 9.97 Å². The number of nitriles is 1. The highest BCUT2D eigenvalue weighted by molar-refractivity contribution is 7.98. The quantitative estimate of drug-likeness (QED) is 0.865. The van der Waals surface area contributed by atoms with Crippen LogP contribution in [0, 0.1) is 18.3 Å². The summed E-state index contributed by atoms with van der Waals surface area (Å²) in [6.07, 6.45) is 3.70. The number of benzene rings is 1. The Labute approximate surface area is 116 Å². The van der Waals surface area contributed by atoms with Crippen molar-refractivity contribution in [1.82, 2.24) is 9.97 Å². The van der Waals surface area contributed by atoms with Crippen LogP contribution < -0.4 is 5.32 Å². The SMILES string of the molecule is CSc1cccc(NCc2ccnc(C)n2)c1C#N. The van der Waals surface area contributed by atoms with Crippen LogP contribution in [0.1, 0.15) is 17.1 Å². The zero-order chi connectivity index (χ0) is 13.7. The van der Waals surface area contributed by atoms with E-state index in [1.54, 1.807) is 18.0 Å². The standard InChI is InChI=1S/C14H14N4S/c1-10-16-7-6-11(18-10)9-17-13-4-3-5-14(19-2)12(13)8-15/h3-7,17H,9H2,1-2H3. The largest absolute Gasteiger partial charge is 0.378 e. The summed E-state index contributed by atoms with van der Waals surface area (Å²) >= 11 is 1.57. The lowest BCUT2D eigenvalue weighted by atomic mass is 10.2. The van der Waals surface area contributed by atoms with Crippen LogP contribution in [0.2, 0.25) is 0 Å². The molecular formula is C14H14N4S. The lowest BCUT2D eigenvalue weighted by molar-refractivity contribution is 0.954. The Morgan fingerprint density at radius 2 is 2.21 bits per heavy atom.